The van der Waals surface area contributed by atoms with E-state index >= 15 is 0 Å². The van der Waals surface area contributed by atoms with E-state index in [4.69, 9.17) is 4.98 Å². The molecule has 0 unspecified atom stereocenters. The molecule has 4 nitrogen and oxygen atoms in total. The highest BCUT2D eigenvalue weighted by atomic mass is 32.1. The highest BCUT2D eigenvalue weighted by Gasteiger charge is 2.24. The molecule has 0 aliphatic carbocycles. The van der Waals surface area contributed by atoms with Crippen molar-refractivity contribution in [3.63, 3.8) is 0 Å². The minimum atomic E-state index is 0.131. The summed E-state index contributed by atoms with van der Waals surface area (Å²) in [4.78, 5) is 21.9. The van der Waals surface area contributed by atoms with E-state index in [1.54, 1.807) is 11.3 Å². The number of amides is 1. The van der Waals surface area contributed by atoms with Crippen LogP contribution in [0.25, 0.3) is 10.2 Å². The molecule has 1 aromatic heterocycles. The van der Waals surface area contributed by atoms with Gasteiger partial charge < -0.3 is 9.80 Å². The maximum atomic E-state index is 12.8. The molecule has 4 rings (SSSR count). The lowest BCUT2D eigenvalue weighted by Crippen LogP contribution is -2.48. The molecule has 28 heavy (non-hydrogen) atoms. The minimum Gasteiger partial charge on any atom is -0.345 e. The third-order valence-corrected chi connectivity index (χ3v) is 6.59. The highest BCUT2D eigenvalue weighted by Crippen LogP contribution is 2.30. The summed E-state index contributed by atoms with van der Waals surface area (Å²) in [6, 6.07) is 14.6. The van der Waals surface area contributed by atoms with Crippen molar-refractivity contribution in [1.82, 2.24) is 9.88 Å². The predicted octanol–water partition coefficient (Wildman–Crippen LogP) is 4.94. The van der Waals surface area contributed by atoms with Gasteiger partial charge in [-0.05, 0) is 47.7 Å². The first-order valence-corrected chi connectivity index (χ1v) is 10.9. The molecule has 1 aliphatic rings. The second-order valence-corrected chi connectivity index (χ2v) is 8.72. The normalized spacial score (nSPS) is 14.9. The number of rotatable bonds is 4. The average Bonchev–Trinajstić information content (AvgIpc) is 3.16. The highest BCUT2D eigenvalue weighted by molar-refractivity contribution is 7.22. The maximum absolute atomic E-state index is 12.8. The van der Waals surface area contributed by atoms with E-state index < -0.39 is 0 Å². The van der Waals surface area contributed by atoms with Gasteiger partial charge in [0, 0.05) is 31.7 Å². The van der Waals surface area contributed by atoms with Gasteiger partial charge in [0.15, 0.2) is 5.13 Å². The number of nitrogens with zero attached hydrogens (tertiary/aromatic N) is 3. The first-order valence-electron chi connectivity index (χ1n) is 10.1. The van der Waals surface area contributed by atoms with Gasteiger partial charge in [0.1, 0.15) is 0 Å². The lowest BCUT2D eigenvalue weighted by molar-refractivity contribution is 0.0746. The molecule has 2 aromatic carbocycles. The van der Waals surface area contributed by atoms with Crippen molar-refractivity contribution >= 4 is 32.6 Å². The van der Waals surface area contributed by atoms with Crippen LogP contribution in [0, 0.1) is 0 Å². The Hall–Kier alpha value is -2.40. The molecule has 1 aliphatic heterocycles. The summed E-state index contributed by atoms with van der Waals surface area (Å²) in [5, 5.41) is 1.07. The molecule has 1 fully saturated rings. The average molecular weight is 394 g/mol. The Bertz CT molecular complexity index is 969. The third kappa shape index (κ3) is 3.76. The van der Waals surface area contributed by atoms with Gasteiger partial charge in [-0.25, -0.2) is 4.98 Å². The van der Waals surface area contributed by atoms with Crippen molar-refractivity contribution in [2.75, 3.05) is 31.1 Å². The van der Waals surface area contributed by atoms with Crippen molar-refractivity contribution < 1.29 is 4.79 Å². The zero-order valence-corrected chi connectivity index (χ0v) is 17.6. The van der Waals surface area contributed by atoms with E-state index in [0.29, 0.717) is 5.92 Å². The van der Waals surface area contributed by atoms with Gasteiger partial charge >= 0.3 is 0 Å². The number of hydrogen-bond acceptors (Lipinski definition) is 4. The molecule has 0 radical (unpaired) electrons. The predicted molar refractivity (Wildman–Crippen MR) is 118 cm³/mol. The fraction of sp³-hybridized carbons (Fsp3) is 0.391. The van der Waals surface area contributed by atoms with Crippen molar-refractivity contribution in [2.24, 2.45) is 0 Å². The molecule has 0 bridgehead atoms. The number of hydrogen-bond donors (Lipinski definition) is 0. The Labute approximate surface area is 170 Å². The molecule has 5 heteroatoms. The van der Waals surface area contributed by atoms with Crippen LogP contribution in [0.4, 0.5) is 5.13 Å². The van der Waals surface area contributed by atoms with E-state index in [1.165, 1.54) is 15.8 Å². The van der Waals surface area contributed by atoms with Crippen molar-refractivity contribution in [1.29, 1.82) is 0 Å². The largest absolute Gasteiger partial charge is 0.345 e. The summed E-state index contributed by atoms with van der Waals surface area (Å²) < 4.78 is 1.25. The summed E-state index contributed by atoms with van der Waals surface area (Å²) in [6.07, 6.45) is 1.04. The van der Waals surface area contributed by atoms with E-state index in [-0.39, 0.29) is 5.91 Å². The molecule has 3 aromatic rings. The van der Waals surface area contributed by atoms with Crippen LogP contribution in [0.1, 0.15) is 48.2 Å². The van der Waals surface area contributed by atoms with E-state index in [1.807, 2.05) is 17.0 Å². The van der Waals surface area contributed by atoms with Crippen LogP contribution in [-0.4, -0.2) is 42.0 Å². The van der Waals surface area contributed by atoms with Crippen molar-refractivity contribution in [3.05, 3.63) is 59.2 Å². The molecular weight excluding hydrogens is 366 g/mol. The van der Waals surface area contributed by atoms with E-state index in [2.05, 4.69) is 56.0 Å². The molecule has 1 saturated heterocycles. The van der Waals surface area contributed by atoms with Crippen LogP contribution in [0.3, 0.4) is 0 Å². The van der Waals surface area contributed by atoms with Gasteiger partial charge in [-0.2, -0.15) is 0 Å². The first kappa shape index (κ1) is 18.9. The zero-order valence-electron chi connectivity index (χ0n) is 16.8. The van der Waals surface area contributed by atoms with Crippen LogP contribution in [0.5, 0.6) is 0 Å². The van der Waals surface area contributed by atoms with Crippen LogP contribution >= 0.6 is 11.3 Å². The third-order valence-electron chi connectivity index (χ3n) is 5.51. The van der Waals surface area contributed by atoms with Crippen LogP contribution < -0.4 is 4.90 Å². The van der Waals surface area contributed by atoms with E-state index in [9.17, 15) is 4.79 Å². The fourth-order valence-corrected chi connectivity index (χ4v) is 4.69. The molecule has 2 heterocycles. The van der Waals surface area contributed by atoms with Gasteiger partial charge in [0.2, 0.25) is 0 Å². The Balaban J connectivity index is 1.42. The number of carbonyl (C=O) groups excluding carboxylic acids is 1. The molecule has 0 atom stereocenters. The van der Waals surface area contributed by atoms with Crippen LogP contribution in [0.2, 0.25) is 0 Å². The van der Waals surface area contributed by atoms with Gasteiger partial charge in [-0.1, -0.05) is 50.3 Å². The maximum Gasteiger partial charge on any atom is 0.253 e. The number of fused-ring (bicyclic) bond motifs is 1. The van der Waals surface area contributed by atoms with Gasteiger partial charge in [0.25, 0.3) is 5.91 Å². The number of anilines is 1. The quantitative estimate of drug-likeness (QED) is 0.630. The van der Waals surface area contributed by atoms with Gasteiger partial charge in [0.05, 0.1) is 10.2 Å². The smallest absolute Gasteiger partial charge is 0.253 e. The molecular formula is C23H27N3OS. The summed E-state index contributed by atoms with van der Waals surface area (Å²) in [6.45, 7) is 9.65. The topological polar surface area (TPSA) is 36.4 Å². The summed E-state index contributed by atoms with van der Waals surface area (Å²) in [5.41, 5.74) is 4.47. The summed E-state index contributed by atoms with van der Waals surface area (Å²) in [5.74, 6) is 0.613. The SMILES string of the molecule is CCc1ccc2nc(N3CCN(C(=O)c4ccc(C(C)C)cc4)CC3)sc2c1. The second-order valence-electron chi connectivity index (χ2n) is 7.71. The van der Waals surface area contributed by atoms with Crippen LogP contribution in [0.15, 0.2) is 42.5 Å². The van der Waals surface area contributed by atoms with E-state index in [0.717, 1.165) is 48.8 Å². The second kappa shape index (κ2) is 7.92. The zero-order chi connectivity index (χ0) is 19.7. The molecule has 1 amide bonds. The Morgan fingerprint density at radius 2 is 1.79 bits per heavy atom. The minimum absolute atomic E-state index is 0.131. The standard InChI is InChI=1S/C23H27N3OS/c1-4-17-5-10-20-21(15-17)28-23(24-20)26-13-11-25(12-14-26)22(27)19-8-6-18(7-9-19)16(2)3/h5-10,15-16H,4,11-14H2,1-3H3. The monoisotopic (exact) mass is 393 g/mol. The number of aromatic nitrogens is 1. The summed E-state index contributed by atoms with van der Waals surface area (Å²) in [7, 11) is 0. The fourth-order valence-electron chi connectivity index (χ4n) is 3.61. The molecule has 146 valence electrons. The lowest BCUT2D eigenvalue weighted by Gasteiger charge is -2.34. The molecule has 0 saturated carbocycles. The van der Waals surface area contributed by atoms with Gasteiger partial charge in [-0.3, -0.25) is 4.79 Å². The Morgan fingerprint density at radius 3 is 2.43 bits per heavy atom. The Morgan fingerprint density at radius 1 is 1.07 bits per heavy atom. The summed E-state index contributed by atoms with van der Waals surface area (Å²) >= 11 is 1.75. The molecule has 0 spiro atoms. The first-order chi connectivity index (χ1) is 13.5. The number of benzene rings is 2. The van der Waals surface area contributed by atoms with Crippen LogP contribution in [-0.2, 0) is 6.42 Å². The lowest BCUT2D eigenvalue weighted by atomic mass is 10.0. The Kier molecular flexibility index (Phi) is 5.36. The number of carbonyl (C=O) groups is 1. The number of thiazole rings is 1. The van der Waals surface area contributed by atoms with Gasteiger partial charge in [-0.15, -0.1) is 0 Å². The number of piperazine rings is 1. The van der Waals surface area contributed by atoms with Crippen molar-refractivity contribution in [2.45, 2.75) is 33.1 Å². The molecule has 0 N–H and O–H groups in total. The van der Waals surface area contributed by atoms with Crippen molar-refractivity contribution in [3.8, 4) is 0 Å². The number of aryl methyl sites for hydroxylation is 1.